The molecule has 4 rings (SSSR count). The van der Waals surface area contributed by atoms with Crippen LogP contribution in [-0.4, -0.2) is 69.9 Å². The number of hydrogen-bond donors (Lipinski definition) is 2. The SMILES string of the molecule is CN1C(C)(C)CC(NC(=O)c2ccc(-c3ccc(C(=O)NC4CC(C)(C)N(C)C(C)(C)C4)cc3)cc2)CC1(C)C. The van der Waals surface area contributed by atoms with E-state index in [-0.39, 0.29) is 46.1 Å². The second-order valence-electron chi connectivity index (χ2n) is 14.7. The Morgan fingerprint density at radius 2 is 0.800 bits per heavy atom. The van der Waals surface area contributed by atoms with Crippen LogP contribution in [0.1, 0.15) is 102 Å². The number of nitrogens with one attached hydrogen (secondary N) is 2. The van der Waals surface area contributed by atoms with Crippen molar-refractivity contribution in [2.45, 2.75) is 115 Å². The minimum absolute atomic E-state index is 0.0207. The molecule has 0 spiro atoms. The summed E-state index contributed by atoms with van der Waals surface area (Å²) in [5.74, 6) is -0.0556. The van der Waals surface area contributed by atoms with Gasteiger partial charge in [-0.3, -0.25) is 19.4 Å². The number of nitrogens with zero attached hydrogens (tertiary/aromatic N) is 2. The highest BCUT2D eigenvalue weighted by molar-refractivity contribution is 5.96. The van der Waals surface area contributed by atoms with E-state index in [1.807, 2.05) is 48.5 Å². The molecule has 2 fully saturated rings. The van der Waals surface area contributed by atoms with Gasteiger partial charge in [-0.15, -0.1) is 0 Å². The predicted octanol–water partition coefficient (Wildman–Crippen LogP) is 6.12. The molecule has 2 heterocycles. The van der Waals surface area contributed by atoms with Crippen LogP contribution < -0.4 is 10.6 Å². The second-order valence-corrected chi connectivity index (χ2v) is 14.7. The van der Waals surface area contributed by atoms with Crippen molar-refractivity contribution in [1.82, 2.24) is 20.4 Å². The van der Waals surface area contributed by atoms with Gasteiger partial charge in [-0.1, -0.05) is 24.3 Å². The molecule has 6 heteroatoms. The molecular formula is C34H50N4O2. The van der Waals surface area contributed by atoms with Crippen molar-refractivity contribution >= 4 is 11.8 Å². The number of hydrogen-bond acceptors (Lipinski definition) is 4. The van der Waals surface area contributed by atoms with Crippen LogP contribution in [0.5, 0.6) is 0 Å². The van der Waals surface area contributed by atoms with Crippen molar-refractivity contribution in [3.63, 3.8) is 0 Å². The van der Waals surface area contributed by atoms with Gasteiger partial charge in [0.05, 0.1) is 0 Å². The van der Waals surface area contributed by atoms with Gasteiger partial charge in [0.25, 0.3) is 11.8 Å². The summed E-state index contributed by atoms with van der Waals surface area (Å²) in [6.07, 6.45) is 3.68. The molecule has 40 heavy (non-hydrogen) atoms. The van der Waals surface area contributed by atoms with Crippen LogP contribution in [-0.2, 0) is 0 Å². The molecule has 2 aromatic carbocycles. The lowest BCUT2D eigenvalue weighted by molar-refractivity contribution is -0.0173. The summed E-state index contributed by atoms with van der Waals surface area (Å²) in [6.45, 7) is 17.9. The van der Waals surface area contributed by atoms with Crippen LogP contribution in [0.2, 0.25) is 0 Å². The predicted molar refractivity (Wildman–Crippen MR) is 165 cm³/mol. The number of benzene rings is 2. The first-order valence-electron chi connectivity index (χ1n) is 14.7. The smallest absolute Gasteiger partial charge is 0.251 e. The van der Waals surface area contributed by atoms with Gasteiger partial charge in [-0.25, -0.2) is 0 Å². The number of amides is 2. The second kappa shape index (κ2) is 10.6. The third kappa shape index (κ3) is 6.28. The molecule has 2 aliphatic rings. The Kier molecular flexibility index (Phi) is 8.03. The van der Waals surface area contributed by atoms with Crippen LogP contribution in [0, 0.1) is 0 Å². The van der Waals surface area contributed by atoms with Gasteiger partial charge in [-0.2, -0.15) is 0 Å². The van der Waals surface area contributed by atoms with Gasteiger partial charge in [0.15, 0.2) is 0 Å². The molecular weight excluding hydrogens is 496 g/mol. The number of rotatable bonds is 5. The van der Waals surface area contributed by atoms with Gasteiger partial charge < -0.3 is 10.6 Å². The summed E-state index contributed by atoms with van der Waals surface area (Å²) in [6, 6.07) is 15.8. The topological polar surface area (TPSA) is 64.7 Å². The largest absolute Gasteiger partial charge is 0.349 e. The Labute approximate surface area is 241 Å². The average Bonchev–Trinajstić information content (AvgIpc) is 2.85. The van der Waals surface area contributed by atoms with Crippen molar-refractivity contribution in [3.8, 4) is 11.1 Å². The first kappa shape index (κ1) is 30.3. The van der Waals surface area contributed by atoms with Gasteiger partial charge >= 0.3 is 0 Å². The maximum Gasteiger partial charge on any atom is 0.251 e. The molecule has 2 amide bonds. The zero-order valence-electron chi connectivity index (χ0n) is 26.3. The van der Waals surface area contributed by atoms with Gasteiger partial charge in [0.2, 0.25) is 0 Å². The molecule has 0 saturated carbocycles. The summed E-state index contributed by atoms with van der Waals surface area (Å²) in [5.41, 5.74) is 3.45. The average molecular weight is 547 g/mol. The summed E-state index contributed by atoms with van der Waals surface area (Å²) in [4.78, 5) is 31.0. The molecule has 0 bridgehead atoms. The molecule has 2 aliphatic heterocycles. The molecule has 0 atom stereocenters. The van der Waals surface area contributed by atoms with E-state index >= 15 is 0 Å². The fraction of sp³-hybridized carbons (Fsp3) is 0.588. The van der Waals surface area contributed by atoms with E-state index in [9.17, 15) is 9.59 Å². The van der Waals surface area contributed by atoms with Gasteiger partial charge in [-0.05, 0) is 131 Å². The quantitative estimate of drug-likeness (QED) is 0.475. The number of carbonyl (C=O) groups is 2. The Bertz CT molecular complexity index is 1090. The molecule has 2 aromatic rings. The highest BCUT2D eigenvalue weighted by atomic mass is 16.2. The third-order valence-corrected chi connectivity index (χ3v) is 9.91. The third-order valence-electron chi connectivity index (χ3n) is 9.91. The molecule has 0 aliphatic carbocycles. The molecule has 0 radical (unpaired) electrons. The molecule has 0 unspecified atom stereocenters. The number of carbonyl (C=O) groups excluding carboxylic acids is 2. The van der Waals surface area contributed by atoms with Crippen molar-refractivity contribution in [2.24, 2.45) is 0 Å². The van der Waals surface area contributed by atoms with Crippen molar-refractivity contribution in [1.29, 1.82) is 0 Å². The van der Waals surface area contributed by atoms with Crippen LogP contribution in [0.3, 0.4) is 0 Å². The number of likely N-dealkylation sites (tertiary alicyclic amines) is 2. The van der Waals surface area contributed by atoms with Crippen molar-refractivity contribution < 1.29 is 9.59 Å². The summed E-state index contributed by atoms with van der Waals surface area (Å²) in [7, 11) is 4.35. The summed E-state index contributed by atoms with van der Waals surface area (Å²) in [5, 5.41) is 6.56. The van der Waals surface area contributed by atoms with E-state index in [1.54, 1.807) is 0 Å². The van der Waals surface area contributed by atoms with Crippen LogP contribution in [0.25, 0.3) is 11.1 Å². The Hall–Kier alpha value is -2.70. The van der Waals surface area contributed by atoms with Crippen LogP contribution in [0.15, 0.2) is 48.5 Å². The molecule has 0 aromatic heterocycles. The Morgan fingerprint density at radius 1 is 0.550 bits per heavy atom. The Balaban J connectivity index is 1.37. The van der Waals surface area contributed by atoms with Gasteiger partial charge in [0, 0.05) is 45.4 Å². The van der Waals surface area contributed by atoms with Crippen LogP contribution in [0.4, 0.5) is 0 Å². The fourth-order valence-corrected chi connectivity index (χ4v) is 7.11. The lowest BCUT2D eigenvalue weighted by Gasteiger charge is -2.53. The van der Waals surface area contributed by atoms with Crippen molar-refractivity contribution in [2.75, 3.05) is 14.1 Å². The first-order chi connectivity index (χ1) is 18.4. The zero-order chi connectivity index (χ0) is 29.7. The first-order valence-corrected chi connectivity index (χ1v) is 14.7. The van der Waals surface area contributed by atoms with E-state index in [1.165, 1.54) is 0 Å². The van der Waals surface area contributed by atoms with Crippen molar-refractivity contribution in [3.05, 3.63) is 59.7 Å². The lowest BCUT2D eigenvalue weighted by Crippen LogP contribution is -2.62. The number of piperidine rings is 2. The van der Waals surface area contributed by atoms with E-state index in [0.717, 1.165) is 36.8 Å². The summed E-state index contributed by atoms with van der Waals surface area (Å²) < 4.78 is 0. The summed E-state index contributed by atoms with van der Waals surface area (Å²) >= 11 is 0. The molecule has 218 valence electrons. The molecule has 2 N–H and O–H groups in total. The van der Waals surface area contributed by atoms with E-state index in [4.69, 9.17) is 0 Å². The molecule has 2 saturated heterocycles. The van der Waals surface area contributed by atoms with E-state index < -0.39 is 0 Å². The zero-order valence-corrected chi connectivity index (χ0v) is 26.3. The minimum Gasteiger partial charge on any atom is -0.349 e. The highest BCUT2D eigenvalue weighted by Gasteiger charge is 2.44. The van der Waals surface area contributed by atoms with Gasteiger partial charge in [0.1, 0.15) is 0 Å². The maximum absolute atomic E-state index is 13.1. The molecule has 6 nitrogen and oxygen atoms in total. The van der Waals surface area contributed by atoms with E-state index in [0.29, 0.717) is 11.1 Å². The normalized spacial score (nSPS) is 22.9. The van der Waals surface area contributed by atoms with E-state index in [2.05, 4.69) is 89.9 Å². The lowest BCUT2D eigenvalue weighted by atomic mass is 9.77. The minimum atomic E-state index is -0.0278. The maximum atomic E-state index is 13.1. The monoisotopic (exact) mass is 546 g/mol. The fourth-order valence-electron chi connectivity index (χ4n) is 7.11. The highest BCUT2D eigenvalue weighted by Crippen LogP contribution is 2.38. The van der Waals surface area contributed by atoms with Crippen LogP contribution >= 0.6 is 0 Å². The standard InChI is InChI=1S/C34H50N4O2/c1-31(2)19-27(20-32(3,4)37(31)9)35-29(39)25-15-11-23(12-16-25)24-13-17-26(18-14-24)30(40)36-28-21-33(5,6)38(10)34(7,8)22-28/h11-18,27-28H,19-22H2,1-10H3,(H,35,39)(H,36,40). The Morgan fingerprint density at radius 3 is 1.05 bits per heavy atom.